The van der Waals surface area contributed by atoms with E-state index in [-0.39, 0.29) is 55.3 Å². The summed E-state index contributed by atoms with van der Waals surface area (Å²) in [5.41, 5.74) is 3.87. The summed E-state index contributed by atoms with van der Waals surface area (Å²) in [4.78, 5) is 44.4. The van der Waals surface area contributed by atoms with Gasteiger partial charge in [-0.15, -0.1) is 6.58 Å². The predicted molar refractivity (Wildman–Crippen MR) is 198 cm³/mol. The molecule has 0 radical (unpaired) electrons. The van der Waals surface area contributed by atoms with Gasteiger partial charge in [0.05, 0.1) is 24.8 Å². The molecule has 2 amide bonds. The van der Waals surface area contributed by atoms with E-state index in [4.69, 9.17) is 9.84 Å². The number of amides is 2. The Morgan fingerprint density at radius 2 is 1.83 bits per heavy atom. The van der Waals surface area contributed by atoms with E-state index < -0.39 is 6.04 Å². The number of aromatic nitrogens is 2. The fourth-order valence-electron chi connectivity index (χ4n) is 7.28. The van der Waals surface area contributed by atoms with Crippen LogP contribution in [-0.4, -0.2) is 105 Å². The van der Waals surface area contributed by atoms with Gasteiger partial charge in [-0.05, 0) is 54.5 Å². The number of hydrazine groups is 1. The van der Waals surface area contributed by atoms with Crippen LogP contribution in [0, 0.1) is 5.92 Å². The average molecular weight is 708 g/mol. The highest BCUT2D eigenvalue weighted by atomic mass is 16.5. The molecule has 4 aromatic rings. The zero-order valence-corrected chi connectivity index (χ0v) is 30.1. The van der Waals surface area contributed by atoms with Crippen molar-refractivity contribution in [3.63, 3.8) is 0 Å². The van der Waals surface area contributed by atoms with Crippen molar-refractivity contribution in [3.05, 3.63) is 108 Å². The highest BCUT2D eigenvalue weighted by Crippen LogP contribution is 2.34. The number of hydrogen-bond donors (Lipinski definition) is 2. The van der Waals surface area contributed by atoms with Crippen LogP contribution in [0.3, 0.4) is 0 Å². The molecule has 0 saturated carbocycles. The monoisotopic (exact) mass is 707 g/mol. The molecule has 3 aromatic carbocycles. The lowest BCUT2D eigenvalue weighted by Crippen LogP contribution is -2.68. The molecule has 6 rings (SSSR count). The number of carbonyl (C=O) groups is 3. The summed E-state index contributed by atoms with van der Waals surface area (Å²) in [6, 6.07) is 22.3. The van der Waals surface area contributed by atoms with E-state index in [9.17, 15) is 19.5 Å². The lowest BCUT2D eigenvalue weighted by Gasteiger charge is -2.50. The lowest BCUT2D eigenvalue weighted by atomic mass is 9.87. The molecule has 0 bridgehead atoms. The minimum Gasteiger partial charge on any atom is -0.508 e. The summed E-state index contributed by atoms with van der Waals surface area (Å²) >= 11 is 0. The Hall–Kier alpha value is -4.88. The van der Waals surface area contributed by atoms with Gasteiger partial charge in [0, 0.05) is 51.1 Å². The van der Waals surface area contributed by atoms with Crippen LogP contribution in [0.2, 0.25) is 0 Å². The molecule has 2 aliphatic heterocycles. The second-order valence-electron chi connectivity index (χ2n) is 13.8. The Balaban J connectivity index is 1.23. The Bertz CT molecular complexity index is 1840. The Labute approximate surface area is 305 Å². The van der Waals surface area contributed by atoms with Crippen molar-refractivity contribution >= 4 is 28.5 Å². The van der Waals surface area contributed by atoms with Gasteiger partial charge >= 0.3 is 0 Å². The van der Waals surface area contributed by atoms with Crippen molar-refractivity contribution in [2.24, 2.45) is 5.92 Å². The largest absolute Gasteiger partial charge is 0.508 e. The van der Waals surface area contributed by atoms with Gasteiger partial charge < -0.3 is 19.6 Å². The maximum Gasteiger partial charge on any atom is 0.243 e. The molecule has 12 heteroatoms. The van der Waals surface area contributed by atoms with Crippen molar-refractivity contribution in [1.29, 1.82) is 0 Å². The number of ether oxygens (including phenoxy) is 1. The summed E-state index contributed by atoms with van der Waals surface area (Å²) < 4.78 is 7.83. The maximum atomic E-state index is 14.6. The number of Topliss-reactive ketones (excluding diaryl/α,β-unsaturated/α-hetero) is 1. The molecular formula is C40H49N7O5. The zero-order valence-electron chi connectivity index (χ0n) is 30.1. The number of rotatable bonds is 15. The minimum absolute atomic E-state index is 0.0424. The first kappa shape index (κ1) is 36.9. The molecule has 2 N–H and O–H groups in total. The van der Waals surface area contributed by atoms with E-state index in [2.05, 4.69) is 29.0 Å². The standard InChI is InChI=1S/C40H49N7O5/c1-4-21-45-26-38(50)47-35(22-29-13-18-34(48)19-14-29)40(51)32(17-20-36(47)46(45)28-52-27-41-23-30-9-6-5-7-10-30)16-15-31-11-8-12-33-24-44(42-39(31)33)25-37(49)43(2)3/h4-14,18-19,24,32,35-36,41,48H,1,15-17,20-23,25-28H2,2-3H3/t32?,35-,36+/m0/s1. The minimum atomic E-state index is -0.689. The molecule has 12 nitrogen and oxygen atoms in total. The van der Waals surface area contributed by atoms with E-state index >= 15 is 0 Å². The normalized spacial score (nSPS) is 19.8. The Morgan fingerprint density at radius 1 is 1.04 bits per heavy atom. The van der Waals surface area contributed by atoms with E-state index in [1.807, 2.05) is 59.7 Å². The first-order chi connectivity index (χ1) is 25.2. The third-order valence-corrected chi connectivity index (χ3v) is 10.0. The van der Waals surface area contributed by atoms with Crippen molar-refractivity contribution in [3.8, 4) is 5.75 Å². The van der Waals surface area contributed by atoms with Crippen LogP contribution in [-0.2, 0) is 45.1 Å². The highest BCUT2D eigenvalue weighted by Gasteiger charge is 2.47. The van der Waals surface area contributed by atoms with Gasteiger partial charge in [0.2, 0.25) is 11.8 Å². The summed E-state index contributed by atoms with van der Waals surface area (Å²) in [5, 5.41) is 23.0. The van der Waals surface area contributed by atoms with E-state index in [0.717, 1.165) is 27.6 Å². The Kier molecular flexibility index (Phi) is 12.1. The van der Waals surface area contributed by atoms with Crippen LogP contribution in [0.25, 0.3) is 10.9 Å². The third kappa shape index (κ3) is 8.76. The molecule has 2 fully saturated rings. The van der Waals surface area contributed by atoms with E-state index in [1.54, 1.807) is 46.8 Å². The molecule has 3 atom stereocenters. The topological polar surface area (TPSA) is 123 Å². The van der Waals surface area contributed by atoms with Crippen molar-refractivity contribution in [2.45, 2.75) is 57.4 Å². The van der Waals surface area contributed by atoms with Crippen LogP contribution in [0.4, 0.5) is 0 Å². The molecular weight excluding hydrogens is 658 g/mol. The smallest absolute Gasteiger partial charge is 0.243 e. The van der Waals surface area contributed by atoms with Crippen LogP contribution < -0.4 is 5.32 Å². The molecule has 0 aliphatic carbocycles. The number of carbonyl (C=O) groups excluding carboxylic acids is 3. The van der Waals surface area contributed by atoms with Crippen LogP contribution in [0.5, 0.6) is 5.75 Å². The van der Waals surface area contributed by atoms with Crippen molar-refractivity contribution in [2.75, 3.05) is 40.6 Å². The second kappa shape index (κ2) is 17.1. The number of nitrogens with zero attached hydrogens (tertiary/aromatic N) is 6. The number of nitrogens with one attached hydrogen (secondary N) is 1. The summed E-state index contributed by atoms with van der Waals surface area (Å²) in [7, 11) is 3.45. The van der Waals surface area contributed by atoms with Gasteiger partial charge in [0.1, 0.15) is 25.2 Å². The lowest BCUT2D eigenvalue weighted by molar-refractivity contribution is -0.207. The Morgan fingerprint density at radius 3 is 2.58 bits per heavy atom. The van der Waals surface area contributed by atoms with Gasteiger partial charge in [0.25, 0.3) is 0 Å². The number of hydrogen-bond acceptors (Lipinski definition) is 9. The predicted octanol–water partition coefficient (Wildman–Crippen LogP) is 3.95. The fourth-order valence-corrected chi connectivity index (χ4v) is 7.28. The number of aromatic hydroxyl groups is 1. The quantitative estimate of drug-likeness (QED) is 0.108. The number of phenols is 1. The summed E-state index contributed by atoms with van der Waals surface area (Å²) in [5.74, 6) is -0.255. The molecule has 1 aromatic heterocycles. The number of aryl methyl sites for hydroxylation is 1. The fraction of sp³-hybridized carbons (Fsp3) is 0.400. The van der Waals surface area contributed by atoms with Crippen LogP contribution >= 0.6 is 0 Å². The molecule has 0 spiro atoms. The maximum absolute atomic E-state index is 14.6. The molecule has 2 saturated heterocycles. The SMILES string of the molecule is C=CCN1CC(=O)N2[C@@H](Cc3ccc(O)cc3)C(=O)C(CCc3cccc4cn(CC(=O)N(C)C)nc34)CC[C@@H]2N1COCNCc1ccccc1. The van der Waals surface area contributed by atoms with Crippen molar-refractivity contribution in [1.82, 2.24) is 34.9 Å². The second-order valence-corrected chi connectivity index (χ2v) is 13.8. The van der Waals surface area contributed by atoms with E-state index in [0.29, 0.717) is 51.9 Å². The molecule has 1 unspecified atom stereocenters. The first-order valence-corrected chi connectivity index (χ1v) is 17.9. The molecule has 3 heterocycles. The number of benzene rings is 3. The molecule has 52 heavy (non-hydrogen) atoms. The van der Waals surface area contributed by atoms with Gasteiger partial charge in [-0.1, -0.05) is 66.7 Å². The average Bonchev–Trinajstić information content (AvgIpc) is 3.50. The van der Waals surface area contributed by atoms with Crippen LogP contribution in [0.1, 0.15) is 36.0 Å². The van der Waals surface area contributed by atoms with E-state index in [1.165, 1.54) is 0 Å². The van der Waals surface area contributed by atoms with Gasteiger partial charge in [-0.3, -0.25) is 24.4 Å². The van der Waals surface area contributed by atoms with Crippen molar-refractivity contribution < 1.29 is 24.2 Å². The van der Waals surface area contributed by atoms with Gasteiger partial charge in [-0.2, -0.15) is 10.1 Å². The summed E-state index contributed by atoms with van der Waals surface area (Å²) in [6.07, 6.45) is 6.03. The summed E-state index contributed by atoms with van der Waals surface area (Å²) in [6.45, 7) is 5.87. The number of likely N-dealkylation sites (N-methyl/N-ethyl adjacent to an activating group) is 1. The number of phenolic OH excluding ortho intramolecular Hbond substituents is 1. The third-order valence-electron chi connectivity index (χ3n) is 10.0. The van der Waals surface area contributed by atoms with Gasteiger partial charge in [0.15, 0.2) is 5.78 Å². The number of fused-ring (bicyclic) bond motifs is 2. The van der Waals surface area contributed by atoms with Gasteiger partial charge in [-0.25, -0.2) is 5.01 Å². The molecule has 274 valence electrons. The van der Waals surface area contributed by atoms with Crippen LogP contribution in [0.15, 0.2) is 91.6 Å². The molecule has 2 aliphatic rings. The number of ketones is 1. The zero-order chi connectivity index (χ0) is 36.6. The highest BCUT2D eigenvalue weighted by molar-refractivity contribution is 5.92. The first-order valence-electron chi connectivity index (χ1n) is 17.9.